The van der Waals surface area contributed by atoms with E-state index < -0.39 is 0 Å². The molecule has 0 amide bonds. The first kappa shape index (κ1) is 11.2. The van der Waals surface area contributed by atoms with Crippen LogP contribution in [-0.4, -0.2) is 13.1 Å². The van der Waals surface area contributed by atoms with Crippen molar-refractivity contribution < 1.29 is 9.53 Å². The summed E-state index contributed by atoms with van der Waals surface area (Å²) >= 11 is 3.46. The Hall–Kier alpha value is -0.830. The first-order valence-electron chi connectivity index (χ1n) is 4.46. The summed E-state index contributed by atoms with van der Waals surface area (Å²) in [7, 11) is 1.41. The molecule has 76 valence electrons. The van der Waals surface area contributed by atoms with Crippen molar-refractivity contribution in [1.29, 1.82) is 0 Å². The zero-order valence-electron chi connectivity index (χ0n) is 8.29. The van der Waals surface area contributed by atoms with Crippen LogP contribution in [0.5, 0.6) is 0 Å². The summed E-state index contributed by atoms with van der Waals surface area (Å²) < 4.78 is 5.67. The topological polar surface area (TPSA) is 26.3 Å². The molecule has 0 bridgehead atoms. The van der Waals surface area contributed by atoms with Crippen LogP contribution in [0.3, 0.4) is 0 Å². The van der Waals surface area contributed by atoms with Crippen LogP contribution in [0, 0.1) is 0 Å². The molecule has 1 atom stereocenters. The molecule has 0 saturated heterocycles. The standard InChI is InChI=1S/C11H13BrO2/c1-8(7-11(13)14-2)9-5-3-4-6-10(9)12/h3-6,8H,7H2,1-2H3. The predicted molar refractivity (Wildman–Crippen MR) is 59.2 cm³/mol. The van der Waals surface area contributed by atoms with Gasteiger partial charge >= 0.3 is 5.97 Å². The number of esters is 1. The Labute approximate surface area is 92.4 Å². The first-order chi connectivity index (χ1) is 6.65. The molecule has 2 nitrogen and oxygen atoms in total. The molecule has 3 heteroatoms. The summed E-state index contributed by atoms with van der Waals surface area (Å²) in [6.45, 7) is 2.01. The monoisotopic (exact) mass is 256 g/mol. The molecular weight excluding hydrogens is 244 g/mol. The number of rotatable bonds is 3. The highest BCUT2D eigenvalue weighted by Crippen LogP contribution is 2.26. The van der Waals surface area contributed by atoms with Crippen LogP contribution in [0.1, 0.15) is 24.8 Å². The van der Waals surface area contributed by atoms with Gasteiger partial charge in [-0.25, -0.2) is 0 Å². The predicted octanol–water partition coefficient (Wildman–Crippen LogP) is 3.12. The van der Waals surface area contributed by atoms with E-state index in [0.717, 1.165) is 10.0 Å². The third-order valence-corrected chi connectivity index (χ3v) is 2.86. The van der Waals surface area contributed by atoms with E-state index in [2.05, 4.69) is 20.7 Å². The third kappa shape index (κ3) is 2.84. The number of carbonyl (C=O) groups is 1. The molecule has 0 spiro atoms. The Balaban J connectivity index is 2.74. The van der Waals surface area contributed by atoms with Gasteiger partial charge in [-0.2, -0.15) is 0 Å². The van der Waals surface area contributed by atoms with E-state index >= 15 is 0 Å². The highest BCUT2D eigenvalue weighted by molar-refractivity contribution is 9.10. The Morgan fingerprint density at radius 2 is 2.14 bits per heavy atom. The van der Waals surface area contributed by atoms with Crippen LogP contribution in [-0.2, 0) is 9.53 Å². The van der Waals surface area contributed by atoms with E-state index in [1.54, 1.807) is 0 Å². The average Bonchev–Trinajstić information content (AvgIpc) is 2.18. The summed E-state index contributed by atoms with van der Waals surface area (Å²) in [4.78, 5) is 11.1. The zero-order chi connectivity index (χ0) is 10.6. The number of carbonyl (C=O) groups excluding carboxylic acids is 1. The second kappa shape index (κ2) is 5.15. The van der Waals surface area contributed by atoms with Gasteiger partial charge in [-0.1, -0.05) is 41.1 Å². The van der Waals surface area contributed by atoms with Crippen molar-refractivity contribution in [3.05, 3.63) is 34.3 Å². The van der Waals surface area contributed by atoms with Crippen LogP contribution < -0.4 is 0 Å². The molecule has 0 fully saturated rings. The summed E-state index contributed by atoms with van der Waals surface area (Å²) in [6.07, 6.45) is 0.416. The van der Waals surface area contributed by atoms with Gasteiger partial charge in [0.1, 0.15) is 0 Å². The van der Waals surface area contributed by atoms with Crippen molar-refractivity contribution in [1.82, 2.24) is 0 Å². The quantitative estimate of drug-likeness (QED) is 0.777. The molecule has 0 aromatic heterocycles. The maximum atomic E-state index is 11.1. The van der Waals surface area contributed by atoms with Crippen molar-refractivity contribution in [2.24, 2.45) is 0 Å². The van der Waals surface area contributed by atoms with Gasteiger partial charge in [-0.05, 0) is 17.5 Å². The lowest BCUT2D eigenvalue weighted by molar-refractivity contribution is -0.140. The largest absolute Gasteiger partial charge is 0.469 e. The molecule has 1 aromatic carbocycles. The summed E-state index contributed by atoms with van der Waals surface area (Å²) in [5, 5.41) is 0. The molecule has 0 radical (unpaired) electrons. The number of hydrogen-bond donors (Lipinski definition) is 0. The lowest BCUT2D eigenvalue weighted by atomic mass is 9.98. The maximum absolute atomic E-state index is 11.1. The number of ether oxygens (including phenoxy) is 1. The fourth-order valence-electron chi connectivity index (χ4n) is 1.32. The summed E-state index contributed by atoms with van der Waals surface area (Å²) in [6, 6.07) is 7.91. The normalized spacial score (nSPS) is 12.2. The van der Waals surface area contributed by atoms with Crippen LogP contribution in [0.25, 0.3) is 0 Å². The highest BCUT2D eigenvalue weighted by Gasteiger charge is 2.13. The molecule has 1 rings (SSSR count). The van der Waals surface area contributed by atoms with Gasteiger partial charge in [0.15, 0.2) is 0 Å². The van der Waals surface area contributed by atoms with Gasteiger partial charge in [0.2, 0.25) is 0 Å². The van der Waals surface area contributed by atoms with Crippen molar-refractivity contribution in [2.45, 2.75) is 19.3 Å². The van der Waals surface area contributed by atoms with E-state index in [1.807, 2.05) is 31.2 Å². The Bertz CT molecular complexity index is 323. The molecule has 14 heavy (non-hydrogen) atoms. The van der Waals surface area contributed by atoms with Gasteiger partial charge in [0.25, 0.3) is 0 Å². The lowest BCUT2D eigenvalue weighted by Gasteiger charge is -2.11. The van der Waals surface area contributed by atoms with E-state index in [0.29, 0.717) is 6.42 Å². The van der Waals surface area contributed by atoms with Gasteiger partial charge in [-0.3, -0.25) is 4.79 Å². The Morgan fingerprint density at radius 3 is 2.71 bits per heavy atom. The molecule has 0 heterocycles. The van der Waals surface area contributed by atoms with E-state index in [4.69, 9.17) is 0 Å². The number of halogens is 1. The number of hydrogen-bond acceptors (Lipinski definition) is 2. The fraction of sp³-hybridized carbons (Fsp3) is 0.364. The molecule has 0 aliphatic carbocycles. The van der Waals surface area contributed by atoms with Gasteiger partial charge in [0, 0.05) is 4.47 Å². The minimum Gasteiger partial charge on any atom is -0.469 e. The Morgan fingerprint density at radius 1 is 1.50 bits per heavy atom. The minimum atomic E-state index is -0.173. The maximum Gasteiger partial charge on any atom is 0.306 e. The molecular formula is C11H13BrO2. The van der Waals surface area contributed by atoms with Crippen molar-refractivity contribution in [3.8, 4) is 0 Å². The van der Waals surface area contributed by atoms with Gasteiger partial charge in [0.05, 0.1) is 13.5 Å². The molecule has 0 saturated carbocycles. The summed E-state index contributed by atoms with van der Waals surface area (Å²) in [5.74, 6) is 0.00581. The van der Waals surface area contributed by atoms with Crippen LogP contribution in [0.2, 0.25) is 0 Å². The van der Waals surface area contributed by atoms with E-state index in [1.165, 1.54) is 7.11 Å². The fourth-order valence-corrected chi connectivity index (χ4v) is 1.99. The second-order valence-corrected chi connectivity index (χ2v) is 4.06. The van der Waals surface area contributed by atoms with Crippen molar-refractivity contribution in [3.63, 3.8) is 0 Å². The van der Waals surface area contributed by atoms with Crippen molar-refractivity contribution >= 4 is 21.9 Å². The van der Waals surface area contributed by atoms with Gasteiger partial charge in [-0.15, -0.1) is 0 Å². The van der Waals surface area contributed by atoms with Crippen molar-refractivity contribution in [2.75, 3.05) is 7.11 Å². The molecule has 1 unspecified atom stereocenters. The SMILES string of the molecule is COC(=O)CC(C)c1ccccc1Br. The van der Waals surface area contributed by atoms with Crippen LogP contribution in [0.15, 0.2) is 28.7 Å². The molecule has 0 aliphatic rings. The number of benzene rings is 1. The van der Waals surface area contributed by atoms with Crippen LogP contribution >= 0.6 is 15.9 Å². The summed E-state index contributed by atoms with van der Waals surface area (Å²) in [5.41, 5.74) is 1.14. The average molecular weight is 257 g/mol. The highest BCUT2D eigenvalue weighted by atomic mass is 79.9. The lowest BCUT2D eigenvalue weighted by Crippen LogP contribution is -2.06. The molecule has 1 aromatic rings. The molecule has 0 aliphatic heterocycles. The van der Waals surface area contributed by atoms with E-state index in [9.17, 15) is 4.79 Å². The molecule has 0 N–H and O–H groups in total. The number of methoxy groups -OCH3 is 1. The van der Waals surface area contributed by atoms with E-state index in [-0.39, 0.29) is 11.9 Å². The Kier molecular flexibility index (Phi) is 4.14. The third-order valence-electron chi connectivity index (χ3n) is 2.14. The smallest absolute Gasteiger partial charge is 0.306 e. The minimum absolute atomic E-state index is 0.173. The first-order valence-corrected chi connectivity index (χ1v) is 5.25. The van der Waals surface area contributed by atoms with Gasteiger partial charge < -0.3 is 4.74 Å². The zero-order valence-corrected chi connectivity index (χ0v) is 9.87. The second-order valence-electron chi connectivity index (χ2n) is 3.20. The van der Waals surface area contributed by atoms with Crippen LogP contribution in [0.4, 0.5) is 0 Å².